The average molecular weight is 421 g/mol. The second kappa shape index (κ2) is 15.8. The highest BCUT2D eigenvalue weighted by Crippen LogP contribution is 1.99. The van der Waals surface area contributed by atoms with E-state index in [-0.39, 0.29) is 25.6 Å². The van der Waals surface area contributed by atoms with Crippen LogP contribution in [0.4, 0.5) is 0 Å². The molecule has 0 radical (unpaired) electrons. The summed E-state index contributed by atoms with van der Waals surface area (Å²) in [4.78, 5) is 0. The van der Waals surface area contributed by atoms with Gasteiger partial charge in [0.2, 0.25) is 0 Å². The third kappa shape index (κ3) is 30.9. The molecule has 168 valence electrons. The number of aliphatic hydroxyl groups is 4. The van der Waals surface area contributed by atoms with Crippen LogP contribution in [0, 0.1) is 0 Å². The Labute approximate surface area is 171 Å². The van der Waals surface area contributed by atoms with E-state index in [0.29, 0.717) is 35.3 Å². The van der Waals surface area contributed by atoms with E-state index in [1.165, 1.54) is 0 Å². The average Bonchev–Trinajstić information content (AvgIpc) is 2.33. The van der Waals surface area contributed by atoms with Crippen molar-refractivity contribution in [2.24, 2.45) is 0 Å². The van der Waals surface area contributed by atoms with Gasteiger partial charge in [0.05, 0.1) is 80.9 Å². The van der Waals surface area contributed by atoms with Gasteiger partial charge < -0.3 is 38.9 Å². The lowest BCUT2D eigenvalue weighted by Crippen LogP contribution is -2.44. The molecule has 8 nitrogen and oxygen atoms in total. The van der Waals surface area contributed by atoms with Crippen LogP contribution in [0.3, 0.4) is 0 Å². The minimum absolute atomic E-state index is 0. The number of hydrogen-bond donors (Lipinski definition) is 4. The first kappa shape index (κ1) is 31.7. The van der Waals surface area contributed by atoms with Crippen molar-refractivity contribution in [3.8, 4) is 0 Å². The van der Waals surface area contributed by atoms with Crippen LogP contribution in [0.1, 0.15) is 13.8 Å². The van der Waals surface area contributed by atoms with E-state index < -0.39 is 24.4 Å². The summed E-state index contributed by atoms with van der Waals surface area (Å²) in [7, 11) is 12.1. The Balaban J connectivity index is -0.000000491. The molecular formula is C18H45ClN2O6+2. The molecule has 0 aromatic rings. The summed E-state index contributed by atoms with van der Waals surface area (Å²) in [6, 6.07) is 0. The maximum atomic E-state index is 9.70. The SMILES string of the molecule is CC(O)COCC(C)O.C[N+](C)(C)CC(O)COCC(O)C[N+](C)(C)C.Cl. The predicted octanol–water partition coefficient (Wildman–Crippen LogP) is -0.676. The third-order valence-corrected chi connectivity index (χ3v) is 2.86. The van der Waals surface area contributed by atoms with Crippen molar-refractivity contribution in [1.82, 2.24) is 0 Å². The van der Waals surface area contributed by atoms with Crippen molar-refractivity contribution < 1.29 is 38.9 Å². The Morgan fingerprint density at radius 2 is 0.852 bits per heavy atom. The molecule has 9 heteroatoms. The fraction of sp³-hybridized carbons (Fsp3) is 1.00. The Morgan fingerprint density at radius 1 is 0.593 bits per heavy atom. The second-order valence-corrected chi connectivity index (χ2v) is 9.03. The normalized spacial score (nSPS) is 16.4. The van der Waals surface area contributed by atoms with Crippen molar-refractivity contribution in [1.29, 1.82) is 0 Å². The zero-order chi connectivity index (χ0) is 21.0. The monoisotopic (exact) mass is 420 g/mol. The van der Waals surface area contributed by atoms with Crippen LogP contribution in [-0.4, -0.2) is 136 Å². The smallest absolute Gasteiger partial charge is 0.126 e. The van der Waals surface area contributed by atoms with Gasteiger partial charge in [0.1, 0.15) is 25.3 Å². The molecule has 0 aliphatic carbocycles. The molecule has 0 amide bonds. The van der Waals surface area contributed by atoms with E-state index in [1.807, 2.05) is 42.3 Å². The summed E-state index contributed by atoms with van der Waals surface area (Å²) in [6.07, 6.45) is -1.84. The molecule has 27 heavy (non-hydrogen) atoms. The van der Waals surface area contributed by atoms with Crippen LogP contribution in [0.15, 0.2) is 0 Å². The van der Waals surface area contributed by atoms with Gasteiger partial charge in [-0.15, -0.1) is 12.4 Å². The Bertz CT molecular complexity index is 303. The topological polar surface area (TPSA) is 99.4 Å². The highest BCUT2D eigenvalue weighted by atomic mass is 35.5. The van der Waals surface area contributed by atoms with Crippen molar-refractivity contribution in [2.75, 3.05) is 81.8 Å². The molecule has 0 aromatic carbocycles. The Hall–Kier alpha value is -0.0300. The van der Waals surface area contributed by atoms with Crippen LogP contribution in [0.25, 0.3) is 0 Å². The molecule has 4 N–H and O–H groups in total. The predicted molar refractivity (Wildman–Crippen MR) is 110 cm³/mol. The van der Waals surface area contributed by atoms with E-state index >= 15 is 0 Å². The van der Waals surface area contributed by atoms with Crippen molar-refractivity contribution in [3.05, 3.63) is 0 Å². The van der Waals surface area contributed by atoms with Crippen LogP contribution in [-0.2, 0) is 9.47 Å². The highest BCUT2D eigenvalue weighted by Gasteiger charge is 2.18. The van der Waals surface area contributed by atoms with E-state index in [2.05, 4.69) is 0 Å². The van der Waals surface area contributed by atoms with Gasteiger partial charge in [-0.2, -0.15) is 0 Å². The Morgan fingerprint density at radius 3 is 1.07 bits per heavy atom. The number of nitrogens with zero attached hydrogens (tertiary/aromatic N) is 2. The first-order chi connectivity index (χ1) is 11.6. The van der Waals surface area contributed by atoms with Crippen LogP contribution < -0.4 is 0 Å². The summed E-state index contributed by atoms with van der Waals surface area (Å²) in [5.74, 6) is 0. The molecule has 0 aromatic heterocycles. The van der Waals surface area contributed by atoms with Gasteiger partial charge in [0.15, 0.2) is 0 Å². The number of halogens is 1. The van der Waals surface area contributed by atoms with Crippen molar-refractivity contribution in [2.45, 2.75) is 38.3 Å². The zero-order valence-electron chi connectivity index (χ0n) is 18.5. The lowest BCUT2D eigenvalue weighted by Gasteiger charge is -2.28. The molecule has 0 fully saturated rings. The maximum Gasteiger partial charge on any atom is 0.126 e. The fourth-order valence-corrected chi connectivity index (χ4v) is 2.12. The summed E-state index contributed by atoms with van der Waals surface area (Å²) in [5.41, 5.74) is 0. The molecule has 0 spiro atoms. The first-order valence-electron chi connectivity index (χ1n) is 9.11. The minimum Gasteiger partial charge on any atom is -0.391 e. The molecule has 0 saturated heterocycles. The van der Waals surface area contributed by atoms with E-state index in [1.54, 1.807) is 13.8 Å². The van der Waals surface area contributed by atoms with E-state index in [4.69, 9.17) is 19.7 Å². The van der Waals surface area contributed by atoms with Gasteiger partial charge in [0.25, 0.3) is 0 Å². The number of hydrogen-bond acceptors (Lipinski definition) is 6. The molecule has 4 atom stereocenters. The molecule has 0 aliphatic rings. The molecule has 0 saturated carbocycles. The van der Waals surface area contributed by atoms with Crippen molar-refractivity contribution in [3.63, 3.8) is 0 Å². The summed E-state index contributed by atoms with van der Waals surface area (Å²) < 4.78 is 11.6. The van der Waals surface area contributed by atoms with Crippen LogP contribution >= 0.6 is 12.4 Å². The van der Waals surface area contributed by atoms with Gasteiger partial charge in [-0.25, -0.2) is 0 Å². The largest absolute Gasteiger partial charge is 0.391 e. The van der Waals surface area contributed by atoms with Crippen LogP contribution in [0.5, 0.6) is 0 Å². The Kier molecular flexibility index (Phi) is 18.6. The molecule has 0 bridgehead atoms. The maximum absolute atomic E-state index is 9.70. The lowest BCUT2D eigenvalue weighted by molar-refractivity contribution is -0.874. The summed E-state index contributed by atoms with van der Waals surface area (Å²) in [5, 5.41) is 36.7. The van der Waals surface area contributed by atoms with Gasteiger partial charge in [-0.1, -0.05) is 0 Å². The van der Waals surface area contributed by atoms with E-state index in [0.717, 1.165) is 0 Å². The number of aliphatic hydroxyl groups excluding tert-OH is 4. The first-order valence-corrected chi connectivity index (χ1v) is 9.11. The summed E-state index contributed by atoms with van der Waals surface area (Å²) >= 11 is 0. The third-order valence-electron chi connectivity index (χ3n) is 2.86. The molecule has 4 unspecified atom stereocenters. The number of ether oxygens (including phenoxy) is 2. The highest BCUT2D eigenvalue weighted by molar-refractivity contribution is 5.85. The standard InChI is InChI=1S/C12H30N2O3.C6H14O3.ClH/c1-13(2,3)7-11(15)9-17-10-12(16)8-14(4,5)6;1-5(7)3-9-4-6(2)8;/h11-12,15-16H,7-10H2,1-6H3;5-8H,3-4H2,1-2H3;1H/q+2;;. The molecule has 0 aliphatic heterocycles. The quantitative estimate of drug-likeness (QED) is 0.312. The summed E-state index contributed by atoms with van der Waals surface area (Å²) in [6.45, 7) is 5.73. The minimum atomic E-state index is -0.480. The van der Waals surface area contributed by atoms with Gasteiger partial charge >= 0.3 is 0 Å². The van der Waals surface area contributed by atoms with E-state index in [9.17, 15) is 10.2 Å². The second-order valence-electron chi connectivity index (χ2n) is 9.03. The lowest BCUT2D eigenvalue weighted by atomic mass is 10.3. The van der Waals surface area contributed by atoms with Crippen molar-refractivity contribution >= 4 is 12.4 Å². The number of quaternary nitrogens is 2. The molecule has 0 heterocycles. The van der Waals surface area contributed by atoms with Gasteiger partial charge in [-0.3, -0.25) is 0 Å². The van der Waals surface area contributed by atoms with Crippen LogP contribution in [0.2, 0.25) is 0 Å². The number of likely N-dealkylation sites (N-methyl/N-ethyl adjacent to an activating group) is 2. The number of rotatable bonds is 12. The van der Waals surface area contributed by atoms with Gasteiger partial charge in [-0.05, 0) is 13.8 Å². The van der Waals surface area contributed by atoms with Gasteiger partial charge in [0, 0.05) is 0 Å². The molecule has 0 rings (SSSR count). The molecular weight excluding hydrogens is 376 g/mol. The zero-order valence-corrected chi connectivity index (χ0v) is 19.3. The fourth-order valence-electron chi connectivity index (χ4n) is 2.12.